The lowest BCUT2D eigenvalue weighted by Gasteiger charge is -2.38. The van der Waals surface area contributed by atoms with Crippen LogP contribution in [0.5, 0.6) is 5.75 Å². The number of fused-ring (bicyclic) bond motifs is 1. The van der Waals surface area contributed by atoms with Gasteiger partial charge in [-0.15, -0.1) is 13.2 Å². The molecule has 3 aromatic carbocycles. The molecule has 0 radical (unpaired) electrons. The molecule has 0 bridgehead atoms. The first-order valence-electron chi connectivity index (χ1n) is 14.0. The Kier molecular flexibility index (Phi) is 10.9. The summed E-state index contributed by atoms with van der Waals surface area (Å²) < 4.78 is 94.0. The lowest BCUT2D eigenvalue weighted by Crippen LogP contribution is -2.58. The number of aromatic nitrogens is 2. The predicted molar refractivity (Wildman–Crippen MR) is 164 cm³/mol. The van der Waals surface area contributed by atoms with Crippen molar-refractivity contribution in [2.24, 2.45) is 5.73 Å². The van der Waals surface area contributed by atoms with Gasteiger partial charge in [0.1, 0.15) is 17.6 Å². The molecule has 0 amide bonds. The molecule has 0 saturated carbocycles. The van der Waals surface area contributed by atoms with E-state index in [-0.39, 0.29) is 36.5 Å². The normalized spacial score (nSPS) is 16.0. The minimum Gasteiger partial charge on any atom is -0.480 e. The van der Waals surface area contributed by atoms with Gasteiger partial charge in [-0.2, -0.15) is 4.31 Å². The van der Waals surface area contributed by atoms with E-state index >= 15 is 0 Å². The van der Waals surface area contributed by atoms with Crippen LogP contribution in [-0.2, 0) is 27.3 Å². The van der Waals surface area contributed by atoms with Crippen LogP contribution in [0.3, 0.4) is 0 Å². The number of rotatable bonds is 8. The molecule has 1 aliphatic rings. The number of nitrogens with two attached hydrogens (primary N) is 1. The number of carbonyl (C=O) groups is 1. The molecule has 2 heterocycles. The van der Waals surface area contributed by atoms with Crippen molar-refractivity contribution in [3.05, 3.63) is 89.1 Å². The maximum absolute atomic E-state index is 13.1. The van der Waals surface area contributed by atoms with Gasteiger partial charge >= 0.3 is 12.3 Å². The highest BCUT2D eigenvalue weighted by Crippen LogP contribution is 2.31. The zero-order valence-electron chi connectivity index (χ0n) is 24.7. The smallest absolute Gasteiger partial charge is 0.480 e. The average Bonchev–Trinajstić information content (AvgIpc) is 3.04. The Morgan fingerprint density at radius 3 is 2.26 bits per heavy atom. The second-order valence-electron chi connectivity index (χ2n) is 10.3. The highest BCUT2D eigenvalue weighted by atomic mass is 35.5. The van der Waals surface area contributed by atoms with Gasteiger partial charge in [-0.3, -0.25) is 9.78 Å². The van der Waals surface area contributed by atoms with E-state index in [1.165, 1.54) is 25.3 Å². The van der Waals surface area contributed by atoms with E-state index < -0.39 is 40.1 Å². The third kappa shape index (κ3) is 8.82. The van der Waals surface area contributed by atoms with Crippen molar-refractivity contribution in [2.45, 2.75) is 43.1 Å². The highest BCUT2D eigenvalue weighted by Gasteiger charge is 2.41. The SMILES string of the molecule is CCC(F)(F)c1ccc(CN)cc1.O=C(O)[C@H]1CN(c2cnc3cc(Cl)ccc3n2)CCN1S(=O)(=O)c1ccc(OC(F)(F)F)cc1. The Bertz CT molecular complexity index is 1810. The number of carboxylic acids is 1. The summed E-state index contributed by atoms with van der Waals surface area (Å²) in [4.78, 5) is 21.9. The van der Waals surface area contributed by atoms with Crippen LogP contribution in [0.1, 0.15) is 24.5 Å². The largest absolute Gasteiger partial charge is 0.573 e. The summed E-state index contributed by atoms with van der Waals surface area (Å²) in [6.07, 6.45) is -3.65. The number of halogens is 6. The van der Waals surface area contributed by atoms with E-state index in [9.17, 15) is 40.3 Å². The van der Waals surface area contributed by atoms with Crippen molar-refractivity contribution in [2.75, 3.05) is 24.5 Å². The molecule has 0 spiro atoms. The Hall–Kier alpha value is -4.12. The molecule has 1 aliphatic heterocycles. The van der Waals surface area contributed by atoms with Crippen molar-refractivity contribution < 1.29 is 45.0 Å². The molecule has 1 atom stereocenters. The van der Waals surface area contributed by atoms with Gasteiger partial charge < -0.3 is 20.5 Å². The van der Waals surface area contributed by atoms with Gasteiger partial charge in [0, 0.05) is 43.2 Å². The number of ether oxygens (including phenoxy) is 1. The number of piperazine rings is 1. The third-order valence-corrected chi connectivity index (χ3v) is 9.31. The van der Waals surface area contributed by atoms with Gasteiger partial charge in [0.15, 0.2) is 0 Å². The molecule has 3 N–H and O–H groups in total. The molecule has 5 rings (SSSR count). The number of benzene rings is 3. The van der Waals surface area contributed by atoms with Gasteiger partial charge in [-0.1, -0.05) is 42.8 Å². The van der Waals surface area contributed by atoms with E-state index in [1.54, 1.807) is 35.2 Å². The standard InChI is InChI=1S/C20H16ClF3N4O5S.C10H13F2N/c21-12-1-6-15-16(9-12)25-10-18(26-15)27-7-8-28(17(11-27)19(29)30)34(31,32)14-4-2-13(3-5-14)33-20(22,23)24;1-2-10(11,12)9-5-3-8(7-13)4-6-9/h1-6,9-10,17H,7-8,11H2,(H,29,30);3-6H,2,7,13H2,1H3/t17-;/m1./s1. The average molecular weight is 702 g/mol. The van der Waals surface area contributed by atoms with E-state index in [2.05, 4.69) is 14.7 Å². The van der Waals surface area contributed by atoms with Crippen LogP contribution in [0.4, 0.5) is 27.8 Å². The number of aliphatic carboxylic acids is 1. The van der Waals surface area contributed by atoms with Gasteiger partial charge in [-0.05, 0) is 48.0 Å². The third-order valence-electron chi connectivity index (χ3n) is 7.15. The molecule has 0 unspecified atom stereocenters. The molecule has 17 heteroatoms. The summed E-state index contributed by atoms with van der Waals surface area (Å²) in [5, 5.41) is 10.2. The predicted octanol–water partition coefficient (Wildman–Crippen LogP) is 5.79. The van der Waals surface area contributed by atoms with Crippen LogP contribution in [0.15, 0.2) is 77.8 Å². The van der Waals surface area contributed by atoms with Crippen LogP contribution in [0.25, 0.3) is 11.0 Å². The minimum atomic E-state index is -4.93. The Morgan fingerprint density at radius 1 is 1.02 bits per heavy atom. The maximum atomic E-state index is 13.1. The highest BCUT2D eigenvalue weighted by molar-refractivity contribution is 7.89. The van der Waals surface area contributed by atoms with Gasteiger partial charge in [0.2, 0.25) is 10.0 Å². The number of hydrogen-bond donors (Lipinski definition) is 2. The topological polar surface area (TPSA) is 139 Å². The zero-order valence-corrected chi connectivity index (χ0v) is 26.2. The summed E-state index contributed by atoms with van der Waals surface area (Å²) >= 11 is 5.94. The molecule has 4 aromatic rings. The number of sulfonamides is 1. The number of anilines is 1. The van der Waals surface area contributed by atoms with E-state index in [4.69, 9.17) is 17.3 Å². The van der Waals surface area contributed by atoms with E-state index in [1.807, 2.05) is 0 Å². The van der Waals surface area contributed by atoms with Crippen molar-refractivity contribution in [3.8, 4) is 5.75 Å². The fourth-order valence-corrected chi connectivity index (χ4v) is 6.36. The quantitative estimate of drug-likeness (QED) is 0.219. The van der Waals surface area contributed by atoms with Gasteiger partial charge in [0.05, 0.1) is 22.1 Å². The Labute approximate surface area is 271 Å². The van der Waals surface area contributed by atoms with Crippen molar-refractivity contribution in [3.63, 3.8) is 0 Å². The van der Waals surface area contributed by atoms with Crippen molar-refractivity contribution >= 4 is 44.4 Å². The fraction of sp³-hybridized carbons (Fsp3) is 0.300. The lowest BCUT2D eigenvalue weighted by molar-refractivity contribution is -0.274. The maximum Gasteiger partial charge on any atom is 0.573 e. The summed E-state index contributed by atoms with van der Waals surface area (Å²) in [5.41, 5.74) is 7.37. The molecule has 47 heavy (non-hydrogen) atoms. The summed E-state index contributed by atoms with van der Waals surface area (Å²) in [6.45, 7) is 1.57. The first-order valence-corrected chi connectivity index (χ1v) is 15.8. The van der Waals surface area contributed by atoms with Gasteiger partial charge in [0.25, 0.3) is 5.92 Å². The number of alkyl halides is 5. The fourth-order valence-electron chi connectivity index (χ4n) is 4.63. The second kappa shape index (κ2) is 14.3. The van der Waals surface area contributed by atoms with Crippen LogP contribution < -0.4 is 15.4 Å². The van der Waals surface area contributed by atoms with Crippen molar-refractivity contribution in [1.82, 2.24) is 14.3 Å². The summed E-state index contributed by atoms with van der Waals surface area (Å²) in [5.74, 6) is -4.33. The molecule has 252 valence electrons. The first kappa shape index (κ1) is 35.7. The monoisotopic (exact) mass is 701 g/mol. The molecule has 10 nitrogen and oxygen atoms in total. The van der Waals surface area contributed by atoms with E-state index in [0.717, 1.165) is 34.1 Å². The van der Waals surface area contributed by atoms with Crippen LogP contribution in [-0.4, -0.2) is 65.8 Å². The molecule has 1 saturated heterocycles. The Balaban J connectivity index is 0.000000323. The zero-order chi connectivity index (χ0) is 34.6. The number of carboxylic acid groups (broad SMARTS) is 1. The molecular formula is C30H29ClF5N5O5S. The van der Waals surface area contributed by atoms with Crippen molar-refractivity contribution in [1.29, 1.82) is 0 Å². The molecule has 0 aliphatic carbocycles. The van der Waals surface area contributed by atoms with Crippen LogP contribution in [0, 0.1) is 0 Å². The lowest BCUT2D eigenvalue weighted by atomic mass is 10.0. The number of hydrogen-bond acceptors (Lipinski definition) is 8. The molecule has 1 aromatic heterocycles. The van der Waals surface area contributed by atoms with Crippen LogP contribution >= 0.6 is 11.6 Å². The second-order valence-corrected chi connectivity index (χ2v) is 12.6. The summed E-state index contributed by atoms with van der Waals surface area (Å²) in [6, 6.07) is 13.2. The molecule has 1 fully saturated rings. The number of nitrogens with zero attached hydrogens (tertiary/aromatic N) is 4. The summed E-state index contributed by atoms with van der Waals surface area (Å²) in [7, 11) is -4.32. The van der Waals surface area contributed by atoms with E-state index in [0.29, 0.717) is 28.4 Å². The Morgan fingerprint density at radius 2 is 1.68 bits per heavy atom. The first-order chi connectivity index (χ1) is 22.0. The van der Waals surface area contributed by atoms with Gasteiger partial charge in [-0.25, -0.2) is 22.2 Å². The van der Waals surface area contributed by atoms with Crippen LogP contribution in [0.2, 0.25) is 5.02 Å². The minimum absolute atomic E-state index is 0.0622. The molecular weight excluding hydrogens is 673 g/mol.